The molecule has 0 bridgehead atoms. The van der Waals surface area contributed by atoms with Gasteiger partial charge in [-0.15, -0.1) is 15.3 Å². The maximum atomic E-state index is 12.6. The molecule has 0 unspecified atom stereocenters. The predicted molar refractivity (Wildman–Crippen MR) is 140 cm³/mol. The lowest BCUT2D eigenvalue weighted by atomic mass is 10.2. The molecular weight excluding hydrogens is 474 g/mol. The number of fused-ring (bicyclic) bond motifs is 1. The molecule has 0 aliphatic heterocycles. The third-order valence-electron chi connectivity index (χ3n) is 5.45. The molecule has 5 rings (SSSR count). The van der Waals surface area contributed by atoms with E-state index in [4.69, 9.17) is 4.74 Å². The van der Waals surface area contributed by atoms with Crippen molar-refractivity contribution in [1.82, 2.24) is 29.8 Å². The monoisotopic (exact) mass is 499 g/mol. The summed E-state index contributed by atoms with van der Waals surface area (Å²) >= 11 is 1.33. The number of anilines is 1. The summed E-state index contributed by atoms with van der Waals surface area (Å²) in [4.78, 5) is 12.6. The summed E-state index contributed by atoms with van der Waals surface area (Å²) < 4.78 is 9.33. The molecule has 9 nitrogen and oxygen atoms in total. The van der Waals surface area contributed by atoms with Crippen LogP contribution in [-0.4, -0.2) is 48.0 Å². The number of amides is 1. The minimum atomic E-state index is -0.115. The van der Waals surface area contributed by atoms with Gasteiger partial charge in [-0.2, -0.15) is 0 Å². The van der Waals surface area contributed by atoms with Crippen LogP contribution in [0.4, 0.5) is 5.69 Å². The van der Waals surface area contributed by atoms with Crippen molar-refractivity contribution in [2.75, 3.05) is 17.7 Å². The summed E-state index contributed by atoms with van der Waals surface area (Å²) in [6, 6.07) is 23.2. The van der Waals surface area contributed by atoms with Crippen molar-refractivity contribution >= 4 is 34.4 Å². The zero-order chi connectivity index (χ0) is 24.9. The fourth-order valence-corrected chi connectivity index (χ4v) is 4.60. The number of aromatic nitrogens is 6. The first-order chi connectivity index (χ1) is 17.6. The first-order valence-corrected chi connectivity index (χ1v) is 12.5. The van der Waals surface area contributed by atoms with Crippen molar-refractivity contribution in [3.8, 4) is 11.4 Å². The van der Waals surface area contributed by atoms with E-state index in [0.717, 1.165) is 33.7 Å². The molecule has 2 heterocycles. The number of aryl methyl sites for hydroxylation is 1. The predicted octanol–water partition coefficient (Wildman–Crippen LogP) is 4.50. The van der Waals surface area contributed by atoms with E-state index in [2.05, 4.69) is 25.8 Å². The number of hydrogen-bond acceptors (Lipinski definition) is 7. The molecule has 10 heteroatoms. The SMILES string of the molecule is CCOc1ccc(-n2c(Cn3nnc4ccccc43)nnc2SCC(=O)Nc2cccc(C)c2)cc1. The summed E-state index contributed by atoms with van der Waals surface area (Å²) in [5, 5.41) is 20.9. The molecule has 0 saturated carbocycles. The molecule has 0 aliphatic rings. The van der Waals surface area contributed by atoms with Gasteiger partial charge in [-0.25, -0.2) is 4.68 Å². The van der Waals surface area contributed by atoms with Crippen LogP contribution in [0.25, 0.3) is 16.7 Å². The van der Waals surface area contributed by atoms with Crippen molar-refractivity contribution in [1.29, 1.82) is 0 Å². The first kappa shape index (κ1) is 23.6. The van der Waals surface area contributed by atoms with Gasteiger partial charge in [0.15, 0.2) is 11.0 Å². The second kappa shape index (κ2) is 10.6. The number of rotatable bonds is 9. The van der Waals surface area contributed by atoms with Gasteiger partial charge >= 0.3 is 0 Å². The quantitative estimate of drug-likeness (QED) is 0.298. The average Bonchev–Trinajstić information content (AvgIpc) is 3.48. The second-order valence-corrected chi connectivity index (χ2v) is 9.05. The Morgan fingerprint density at radius 1 is 1.00 bits per heavy atom. The molecule has 0 spiro atoms. The van der Waals surface area contributed by atoms with Gasteiger partial charge in [0.1, 0.15) is 17.8 Å². The van der Waals surface area contributed by atoms with Crippen LogP contribution < -0.4 is 10.1 Å². The van der Waals surface area contributed by atoms with E-state index in [1.807, 2.05) is 91.2 Å². The first-order valence-electron chi connectivity index (χ1n) is 11.6. The number of nitrogens with one attached hydrogen (secondary N) is 1. The third kappa shape index (κ3) is 5.23. The summed E-state index contributed by atoms with van der Waals surface area (Å²) in [6.45, 7) is 4.90. The standard InChI is InChI=1S/C26H25N7O2S/c1-3-35-21-13-11-20(12-14-21)33-24(16-32-23-10-5-4-9-22(23)28-31-32)29-30-26(33)36-17-25(34)27-19-8-6-7-18(2)15-19/h4-15H,3,16-17H2,1-2H3,(H,27,34). The maximum Gasteiger partial charge on any atom is 0.234 e. The van der Waals surface area contributed by atoms with Crippen molar-refractivity contribution in [2.45, 2.75) is 25.5 Å². The van der Waals surface area contributed by atoms with E-state index in [9.17, 15) is 4.79 Å². The molecule has 2 aromatic heterocycles. The lowest BCUT2D eigenvalue weighted by Crippen LogP contribution is -2.15. The van der Waals surface area contributed by atoms with Crippen LogP contribution in [0.15, 0.2) is 78.0 Å². The van der Waals surface area contributed by atoms with Gasteiger partial charge in [0, 0.05) is 11.4 Å². The Labute approximate surface area is 212 Å². The topological polar surface area (TPSA) is 99.8 Å². The van der Waals surface area contributed by atoms with Crippen molar-refractivity contribution in [2.24, 2.45) is 0 Å². The minimum Gasteiger partial charge on any atom is -0.494 e. The summed E-state index contributed by atoms with van der Waals surface area (Å²) in [7, 11) is 0. The molecular formula is C26H25N7O2S. The summed E-state index contributed by atoms with van der Waals surface area (Å²) in [5.74, 6) is 1.53. The number of carbonyl (C=O) groups is 1. The minimum absolute atomic E-state index is 0.115. The Hall–Kier alpha value is -4.18. The van der Waals surface area contributed by atoms with Gasteiger partial charge in [0.05, 0.1) is 17.9 Å². The molecule has 5 aromatic rings. The fraction of sp³-hybridized carbons (Fsp3) is 0.192. The van der Waals surface area contributed by atoms with Crippen LogP contribution in [0.1, 0.15) is 18.3 Å². The number of nitrogens with zero attached hydrogens (tertiary/aromatic N) is 6. The molecule has 1 N–H and O–H groups in total. The molecule has 3 aromatic carbocycles. The number of carbonyl (C=O) groups excluding carboxylic acids is 1. The zero-order valence-electron chi connectivity index (χ0n) is 20.0. The summed E-state index contributed by atoms with van der Waals surface area (Å²) in [5.41, 5.74) is 4.44. The van der Waals surface area contributed by atoms with Gasteiger partial charge in [0.25, 0.3) is 0 Å². The Morgan fingerprint density at radius 3 is 2.64 bits per heavy atom. The van der Waals surface area contributed by atoms with Crippen LogP contribution in [0.2, 0.25) is 0 Å². The van der Waals surface area contributed by atoms with Crippen molar-refractivity contribution in [3.63, 3.8) is 0 Å². The van der Waals surface area contributed by atoms with Crippen LogP contribution in [0.3, 0.4) is 0 Å². The van der Waals surface area contributed by atoms with Crippen molar-refractivity contribution in [3.05, 3.63) is 84.2 Å². The Balaban J connectivity index is 1.41. The number of hydrogen-bond donors (Lipinski definition) is 1. The van der Waals surface area contributed by atoms with E-state index in [-0.39, 0.29) is 11.7 Å². The average molecular weight is 500 g/mol. The normalized spacial score (nSPS) is 11.1. The number of para-hydroxylation sites is 1. The van der Waals surface area contributed by atoms with Crippen LogP contribution in [0.5, 0.6) is 5.75 Å². The lowest BCUT2D eigenvalue weighted by Gasteiger charge is -2.12. The van der Waals surface area contributed by atoms with Crippen LogP contribution in [-0.2, 0) is 11.3 Å². The fourth-order valence-electron chi connectivity index (χ4n) is 3.83. The Kier molecular flexibility index (Phi) is 6.94. The molecule has 1 amide bonds. The van der Waals surface area contributed by atoms with E-state index >= 15 is 0 Å². The van der Waals surface area contributed by atoms with Crippen LogP contribution in [0, 0.1) is 6.92 Å². The third-order valence-corrected chi connectivity index (χ3v) is 6.38. The van der Waals surface area contributed by atoms with Crippen molar-refractivity contribution < 1.29 is 9.53 Å². The largest absolute Gasteiger partial charge is 0.494 e. The molecule has 182 valence electrons. The number of benzene rings is 3. The molecule has 0 fully saturated rings. The smallest absolute Gasteiger partial charge is 0.234 e. The van der Waals surface area contributed by atoms with E-state index in [1.165, 1.54) is 11.8 Å². The number of thioether (sulfide) groups is 1. The van der Waals surface area contributed by atoms with Gasteiger partial charge < -0.3 is 10.1 Å². The highest BCUT2D eigenvalue weighted by atomic mass is 32.2. The van der Waals surface area contributed by atoms with E-state index in [1.54, 1.807) is 4.68 Å². The highest BCUT2D eigenvalue weighted by molar-refractivity contribution is 7.99. The Bertz CT molecular complexity index is 1490. The van der Waals surface area contributed by atoms with E-state index in [0.29, 0.717) is 24.1 Å². The Morgan fingerprint density at radius 2 is 1.83 bits per heavy atom. The molecule has 36 heavy (non-hydrogen) atoms. The zero-order valence-corrected chi connectivity index (χ0v) is 20.8. The summed E-state index contributed by atoms with van der Waals surface area (Å²) in [6.07, 6.45) is 0. The van der Waals surface area contributed by atoms with Gasteiger partial charge in [0.2, 0.25) is 5.91 Å². The van der Waals surface area contributed by atoms with Gasteiger partial charge in [-0.05, 0) is 67.9 Å². The second-order valence-electron chi connectivity index (χ2n) is 8.10. The maximum absolute atomic E-state index is 12.6. The van der Waals surface area contributed by atoms with Gasteiger partial charge in [-0.3, -0.25) is 9.36 Å². The molecule has 0 atom stereocenters. The highest BCUT2D eigenvalue weighted by Crippen LogP contribution is 2.25. The molecule has 0 radical (unpaired) electrons. The van der Waals surface area contributed by atoms with E-state index < -0.39 is 0 Å². The lowest BCUT2D eigenvalue weighted by molar-refractivity contribution is -0.113. The molecule has 0 aliphatic carbocycles. The van der Waals surface area contributed by atoms with Crippen LogP contribution >= 0.6 is 11.8 Å². The van der Waals surface area contributed by atoms with Gasteiger partial charge in [-0.1, -0.05) is 41.2 Å². The molecule has 0 saturated heterocycles. The number of ether oxygens (including phenoxy) is 1. The highest BCUT2D eigenvalue weighted by Gasteiger charge is 2.18.